The molecule has 0 aliphatic carbocycles. The van der Waals surface area contributed by atoms with Gasteiger partial charge in [0.2, 0.25) is 11.8 Å². The molecule has 0 unspecified atom stereocenters. The molecule has 0 radical (unpaired) electrons. The standard InChI is InChI=1S/C33H34BrN3O6S/c1-35-33(39)29(20-24-11-6-4-7-12-24)36(22-25-13-10-14-26(34)19-25)32(38)23-37(44(40,41)28-15-8-5-9-16-28)27-17-18-30(42-2)31(21-27)43-3/h4-19,21,29H,20,22-23H2,1-3H3,(H,35,39)/t29-/m1/s1. The molecule has 4 rings (SSSR count). The van der Waals surface area contributed by atoms with Crippen LogP contribution in [0, 0.1) is 0 Å². The summed E-state index contributed by atoms with van der Waals surface area (Å²) in [5, 5.41) is 2.68. The molecule has 0 saturated heterocycles. The normalized spacial score (nSPS) is 11.7. The quantitative estimate of drug-likeness (QED) is 0.212. The summed E-state index contributed by atoms with van der Waals surface area (Å²) in [7, 11) is 0.198. The van der Waals surface area contributed by atoms with Crippen molar-refractivity contribution < 1.29 is 27.5 Å². The Morgan fingerprint density at radius 1 is 0.818 bits per heavy atom. The number of amides is 2. The highest BCUT2D eigenvalue weighted by atomic mass is 79.9. The van der Waals surface area contributed by atoms with E-state index in [4.69, 9.17) is 9.47 Å². The van der Waals surface area contributed by atoms with Crippen LogP contribution in [-0.4, -0.2) is 59.0 Å². The third-order valence-electron chi connectivity index (χ3n) is 7.02. The lowest BCUT2D eigenvalue weighted by Crippen LogP contribution is -2.53. The number of likely N-dealkylation sites (N-methyl/N-ethyl adjacent to an activating group) is 1. The summed E-state index contributed by atoms with van der Waals surface area (Å²) in [5.41, 5.74) is 1.81. The Morgan fingerprint density at radius 3 is 2.07 bits per heavy atom. The first-order valence-electron chi connectivity index (χ1n) is 13.8. The lowest BCUT2D eigenvalue weighted by molar-refractivity contribution is -0.139. The van der Waals surface area contributed by atoms with E-state index < -0.39 is 28.5 Å². The van der Waals surface area contributed by atoms with Gasteiger partial charge in [-0.25, -0.2) is 8.42 Å². The summed E-state index contributed by atoms with van der Waals surface area (Å²) in [6.45, 7) is -0.517. The van der Waals surface area contributed by atoms with Gasteiger partial charge in [0, 0.05) is 30.6 Å². The summed E-state index contributed by atoms with van der Waals surface area (Å²) in [4.78, 5) is 29.2. The third kappa shape index (κ3) is 7.78. The number of ether oxygens (including phenoxy) is 2. The van der Waals surface area contributed by atoms with E-state index in [1.54, 1.807) is 30.3 Å². The molecule has 44 heavy (non-hydrogen) atoms. The van der Waals surface area contributed by atoms with Gasteiger partial charge in [0.25, 0.3) is 10.0 Å². The molecule has 0 spiro atoms. The molecule has 0 fully saturated rings. The molecule has 1 N–H and O–H groups in total. The molecule has 1 atom stereocenters. The van der Waals surface area contributed by atoms with Gasteiger partial charge in [-0.1, -0.05) is 76.6 Å². The lowest BCUT2D eigenvalue weighted by Gasteiger charge is -2.33. The summed E-state index contributed by atoms with van der Waals surface area (Å²) < 4.78 is 40.8. The highest BCUT2D eigenvalue weighted by Gasteiger charge is 2.34. The number of benzene rings is 4. The predicted molar refractivity (Wildman–Crippen MR) is 173 cm³/mol. The maximum absolute atomic E-state index is 14.4. The Morgan fingerprint density at radius 2 is 1.45 bits per heavy atom. The monoisotopic (exact) mass is 679 g/mol. The maximum Gasteiger partial charge on any atom is 0.264 e. The van der Waals surface area contributed by atoms with Crippen LogP contribution < -0.4 is 19.1 Å². The molecular weight excluding hydrogens is 646 g/mol. The summed E-state index contributed by atoms with van der Waals surface area (Å²) in [6.07, 6.45) is 0.224. The van der Waals surface area contributed by atoms with Crippen LogP contribution >= 0.6 is 15.9 Å². The number of carbonyl (C=O) groups is 2. The van der Waals surface area contributed by atoms with E-state index in [0.717, 1.165) is 19.9 Å². The molecule has 2 amide bonds. The topological polar surface area (TPSA) is 105 Å². The Bertz CT molecular complexity index is 1690. The van der Waals surface area contributed by atoms with Crippen LogP contribution in [0.5, 0.6) is 11.5 Å². The first kappa shape index (κ1) is 32.6. The fraction of sp³-hybridized carbons (Fsp3) is 0.212. The number of nitrogens with one attached hydrogen (secondary N) is 1. The Hall–Kier alpha value is -4.35. The lowest BCUT2D eigenvalue weighted by atomic mass is 10.0. The smallest absolute Gasteiger partial charge is 0.264 e. The maximum atomic E-state index is 14.4. The number of methoxy groups -OCH3 is 2. The van der Waals surface area contributed by atoms with Crippen LogP contribution in [0.15, 0.2) is 112 Å². The molecule has 4 aromatic rings. The van der Waals surface area contributed by atoms with Crippen molar-refractivity contribution in [2.45, 2.75) is 23.9 Å². The van der Waals surface area contributed by atoms with Gasteiger partial charge in [-0.2, -0.15) is 0 Å². The van der Waals surface area contributed by atoms with Gasteiger partial charge in [0.15, 0.2) is 11.5 Å². The van der Waals surface area contributed by atoms with Gasteiger partial charge in [0.05, 0.1) is 24.8 Å². The van der Waals surface area contributed by atoms with E-state index in [1.165, 1.54) is 44.4 Å². The Labute approximate surface area is 266 Å². The number of hydrogen-bond donors (Lipinski definition) is 1. The van der Waals surface area contributed by atoms with E-state index >= 15 is 0 Å². The van der Waals surface area contributed by atoms with Gasteiger partial charge in [-0.05, 0) is 47.5 Å². The summed E-state index contributed by atoms with van der Waals surface area (Å²) >= 11 is 3.48. The molecule has 0 aliphatic heterocycles. The first-order valence-corrected chi connectivity index (χ1v) is 16.0. The van der Waals surface area contributed by atoms with Crippen LogP contribution in [-0.2, 0) is 32.6 Å². The van der Waals surface area contributed by atoms with Crippen LogP contribution in [0.2, 0.25) is 0 Å². The van der Waals surface area contributed by atoms with E-state index in [2.05, 4.69) is 21.2 Å². The van der Waals surface area contributed by atoms with Gasteiger partial charge in [-0.3, -0.25) is 13.9 Å². The van der Waals surface area contributed by atoms with Crippen LogP contribution in [0.4, 0.5) is 5.69 Å². The predicted octanol–water partition coefficient (Wildman–Crippen LogP) is 5.05. The van der Waals surface area contributed by atoms with Crippen LogP contribution in [0.1, 0.15) is 11.1 Å². The zero-order chi connectivity index (χ0) is 31.7. The Kier molecular flexibility index (Phi) is 11.0. The largest absolute Gasteiger partial charge is 0.493 e. The minimum absolute atomic E-state index is 0.00765. The molecule has 230 valence electrons. The molecule has 0 aliphatic rings. The molecule has 0 bridgehead atoms. The number of halogens is 1. The molecule has 11 heteroatoms. The second-order valence-corrected chi connectivity index (χ2v) is 12.6. The van der Waals surface area contributed by atoms with Crippen molar-refractivity contribution in [3.05, 3.63) is 119 Å². The highest BCUT2D eigenvalue weighted by Crippen LogP contribution is 2.34. The van der Waals surface area contributed by atoms with E-state index in [1.807, 2.05) is 54.6 Å². The molecular formula is C33H34BrN3O6S. The van der Waals surface area contributed by atoms with Gasteiger partial charge in [-0.15, -0.1) is 0 Å². The number of rotatable bonds is 13. The van der Waals surface area contributed by atoms with Crippen LogP contribution in [0.3, 0.4) is 0 Å². The minimum atomic E-state index is -4.24. The second kappa shape index (κ2) is 14.9. The van der Waals surface area contributed by atoms with Gasteiger partial charge < -0.3 is 19.7 Å². The zero-order valence-corrected chi connectivity index (χ0v) is 27.0. The van der Waals surface area contributed by atoms with Crippen molar-refractivity contribution in [3.63, 3.8) is 0 Å². The zero-order valence-electron chi connectivity index (χ0n) is 24.6. The summed E-state index contributed by atoms with van der Waals surface area (Å²) in [5.74, 6) is -0.243. The summed E-state index contributed by atoms with van der Waals surface area (Å²) in [6, 6.07) is 28.3. The fourth-order valence-corrected chi connectivity index (χ4v) is 6.65. The number of sulfonamides is 1. The highest BCUT2D eigenvalue weighted by molar-refractivity contribution is 9.10. The minimum Gasteiger partial charge on any atom is -0.493 e. The number of hydrogen-bond acceptors (Lipinski definition) is 6. The number of carbonyl (C=O) groups excluding carboxylic acids is 2. The van der Waals surface area contributed by atoms with Crippen molar-refractivity contribution in [2.75, 3.05) is 32.1 Å². The number of nitrogens with zero attached hydrogens (tertiary/aromatic N) is 2. The van der Waals surface area contributed by atoms with Crippen LogP contribution in [0.25, 0.3) is 0 Å². The fourth-order valence-electron chi connectivity index (χ4n) is 4.78. The number of anilines is 1. The molecule has 0 aromatic heterocycles. The molecule has 9 nitrogen and oxygen atoms in total. The van der Waals surface area contributed by atoms with E-state index in [0.29, 0.717) is 11.5 Å². The SMILES string of the molecule is CNC(=O)[C@@H](Cc1ccccc1)N(Cc1cccc(Br)c1)C(=O)CN(c1ccc(OC)c(OC)c1)S(=O)(=O)c1ccccc1. The Balaban J connectivity index is 1.82. The van der Waals surface area contributed by atoms with E-state index in [-0.39, 0.29) is 29.5 Å². The van der Waals surface area contributed by atoms with Gasteiger partial charge in [0.1, 0.15) is 12.6 Å². The molecule has 4 aromatic carbocycles. The average Bonchev–Trinajstić information content (AvgIpc) is 3.05. The average molecular weight is 681 g/mol. The first-order chi connectivity index (χ1) is 21.2. The van der Waals surface area contributed by atoms with Crippen molar-refractivity contribution >= 4 is 43.5 Å². The third-order valence-corrected chi connectivity index (χ3v) is 9.31. The van der Waals surface area contributed by atoms with Crippen molar-refractivity contribution in [3.8, 4) is 11.5 Å². The van der Waals surface area contributed by atoms with Crippen molar-refractivity contribution in [2.24, 2.45) is 0 Å². The molecule has 0 heterocycles. The van der Waals surface area contributed by atoms with Crippen molar-refractivity contribution in [1.82, 2.24) is 10.2 Å². The second-order valence-electron chi connectivity index (χ2n) is 9.84. The van der Waals surface area contributed by atoms with Gasteiger partial charge >= 0.3 is 0 Å². The van der Waals surface area contributed by atoms with Crippen molar-refractivity contribution in [1.29, 1.82) is 0 Å². The molecule has 0 saturated carbocycles. The van der Waals surface area contributed by atoms with E-state index in [9.17, 15) is 18.0 Å².